The molecule has 1 aromatic heterocycles. The first-order chi connectivity index (χ1) is 7.30. The van der Waals surface area contributed by atoms with Crippen LogP contribution in [-0.2, 0) is 17.1 Å². The van der Waals surface area contributed by atoms with Gasteiger partial charge in [-0.1, -0.05) is 0 Å². The fourth-order valence-corrected chi connectivity index (χ4v) is 2.32. The number of sulfonamides is 1. The van der Waals surface area contributed by atoms with Crippen molar-refractivity contribution in [2.45, 2.75) is 18.7 Å². The highest BCUT2D eigenvalue weighted by Gasteiger charge is 2.14. The third-order valence-corrected chi connectivity index (χ3v) is 3.60. The molecule has 0 saturated carbocycles. The Kier molecular flexibility index (Phi) is 2.28. The first kappa shape index (κ1) is 11.1. The number of hydrogen-bond acceptors (Lipinski definition) is 3. The molecule has 1 heterocycles. The van der Waals surface area contributed by atoms with Crippen LogP contribution in [0.4, 0.5) is 0 Å². The average molecular weight is 239 g/mol. The van der Waals surface area contributed by atoms with E-state index in [0.717, 1.165) is 22.4 Å². The third-order valence-electron chi connectivity index (χ3n) is 2.70. The molecule has 0 unspecified atom stereocenters. The van der Waals surface area contributed by atoms with Gasteiger partial charge in [-0.25, -0.2) is 18.5 Å². The summed E-state index contributed by atoms with van der Waals surface area (Å²) < 4.78 is 24.4. The standard InChI is InChI=1S/C10H13N3O2S/c1-6-4-8(16(11,14)15)5-9-10(6)12-7(2)13(9)3/h4-5H,1-3H3,(H2,11,14,15). The van der Waals surface area contributed by atoms with Gasteiger partial charge in [0.2, 0.25) is 10.0 Å². The summed E-state index contributed by atoms with van der Waals surface area (Å²) in [6, 6.07) is 3.10. The van der Waals surface area contributed by atoms with Crippen molar-refractivity contribution in [1.82, 2.24) is 9.55 Å². The summed E-state index contributed by atoms with van der Waals surface area (Å²) in [5.41, 5.74) is 2.40. The highest BCUT2D eigenvalue weighted by atomic mass is 32.2. The Morgan fingerprint density at radius 1 is 1.31 bits per heavy atom. The number of imidazole rings is 1. The largest absolute Gasteiger partial charge is 0.331 e. The Morgan fingerprint density at radius 3 is 2.50 bits per heavy atom. The molecule has 6 heteroatoms. The van der Waals surface area contributed by atoms with Crippen molar-refractivity contribution in [3.63, 3.8) is 0 Å². The van der Waals surface area contributed by atoms with Crippen LogP contribution in [0, 0.1) is 13.8 Å². The van der Waals surface area contributed by atoms with Gasteiger partial charge in [-0.05, 0) is 31.5 Å². The summed E-state index contributed by atoms with van der Waals surface area (Å²) in [4.78, 5) is 4.49. The molecule has 0 atom stereocenters. The molecule has 2 N–H and O–H groups in total. The minimum Gasteiger partial charge on any atom is -0.331 e. The molecule has 2 aromatic rings. The summed E-state index contributed by atoms with van der Waals surface area (Å²) in [7, 11) is -1.82. The van der Waals surface area contributed by atoms with Crippen LogP contribution in [0.5, 0.6) is 0 Å². The molecule has 0 aliphatic carbocycles. The lowest BCUT2D eigenvalue weighted by Gasteiger charge is -2.02. The average Bonchev–Trinajstić information content (AvgIpc) is 2.44. The molecule has 0 saturated heterocycles. The van der Waals surface area contributed by atoms with E-state index in [4.69, 9.17) is 5.14 Å². The molecular formula is C10H13N3O2S. The predicted octanol–water partition coefficient (Wildman–Crippen LogP) is 0.838. The van der Waals surface area contributed by atoms with Crippen LogP contribution in [0.2, 0.25) is 0 Å². The minimum atomic E-state index is -3.67. The van der Waals surface area contributed by atoms with Crippen LogP contribution < -0.4 is 5.14 Å². The van der Waals surface area contributed by atoms with Gasteiger partial charge in [-0.2, -0.15) is 0 Å². The second kappa shape index (κ2) is 3.29. The maximum Gasteiger partial charge on any atom is 0.238 e. The number of nitrogens with zero attached hydrogens (tertiary/aromatic N) is 2. The van der Waals surface area contributed by atoms with E-state index in [2.05, 4.69) is 4.98 Å². The SMILES string of the molecule is Cc1cc(S(N)(=O)=O)cc2c1nc(C)n2C. The molecule has 5 nitrogen and oxygen atoms in total. The molecule has 0 spiro atoms. The van der Waals surface area contributed by atoms with Crippen LogP contribution in [0.3, 0.4) is 0 Å². The Balaban J connectivity index is 2.91. The monoisotopic (exact) mass is 239 g/mol. The Hall–Kier alpha value is -1.40. The lowest BCUT2D eigenvalue weighted by Crippen LogP contribution is -2.12. The van der Waals surface area contributed by atoms with Gasteiger partial charge in [0.05, 0.1) is 15.9 Å². The van der Waals surface area contributed by atoms with E-state index in [1.54, 1.807) is 12.1 Å². The summed E-state index contributed by atoms with van der Waals surface area (Å²) in [5.74, 6) is 0.838. The normalized spacial score (nSPS) is 12.2. The molecule has 1 aromatic carbocycles. The fraction of sp³-hybridized carbons (Fsp3) is 0.300. The van der Waals surface area contributed by atoms with Gasteiger partial charge in [-0.3, -0.25) is 0 Å². The summed E-state index contributed by atoms with van der Waals surface area (Å²) >= 11 is 0. The van der Waals surface area contributed by atoms with E-state index in [1.807, 2.05) is 25.5 Å². The Bertz CT molecular complexity index is 671. The molecule has 0 bridgehead atoms. The molecule has 2 rings (SSSR count). The van der Waals surface area contributed by atoms with E-state index in [1.165, 1.54) is 0 Å². The van der Waals surface area contributed by atoms with Crippen LogP contribution in [-0.4, -0.2) is 18.0 Å². The van der Waals surface area contributed by atoms with Crippen LogP contribution in [0.15, 0.2) is 17.0 Å². The van der Waals surface area contributed by atoms with E-state index >= 15 is 0 Å². The van der Waals surface area contributed by atoms with Gasteiger partial charge in [0.25, 0.3) is 0 Å². The van der Waals surface area contributed by atoms with E-state index in [-0.39, 0.29) is 4.90 Å². The highest BCUT2D eigenvalue weighted by molar-refractivity contribution is 7.89. The minimum absolute atomic E-state index is 0.125. The van der Waals surface area contributed by atoms with E-state index < -0.39 is 10.0 Å². The zero-order chi connectivity index (χ0) is 12.1. The number of benzene rings is 1. The van der Waals surface area contributed by atoms with Crippen molar-refractivity contribution in [2.75, 3.05) is 0 Å². The Morgan fingerprint density at radius 2 is 1.94 bits per heavy atom. The van der Waals surface area contributed by atoms with Crippen LogP contribution >= 0.6 is 0 Å². The molecule has 0 amide bonds. The van der Waals surface area contributed by atoms with Crippen molar-refractivity contribution in [1.29, 1.82) is 0 Å². The van der Waals surface area contributed by atoms with Crippen LogP contribution in [0.25, 0.3) is 11.0 Å². The van der Waals surface area contributed by atoms with Crippen LogP contribution in [0.1, 0.15) is 11.4 Å². The van der Waals surface area contributed by atoms with Gasteiger partial charge in [0.1, 0.15) is 5.82 Å². The number of hydrogen-bond donors (Lipinski definition) is 1. The van der Waals surface area contributed by atoms with Gasteiger partial charge in [0, 0.05) is 7.05 Å². The maximum absolute atomic E-state index is 11.3. The molecule has 0 aliphatic heterocycles. The highest BCUT2D eigenvalue weighted by Crippen LogP contribution is 2.22. The molecular weight excluding hydrogens is 226 g/mol. The predicted molar refractivity (Wildman–Crippen MR) is 61.6 cm³/mol. The molecule has 0 aliphatic rings. The zero-order valence-electron chi connectivity index (χ0n) is 9.35. The maximum atomic E-state index is 11.3. The number of aromatic nitrogens is 2. The van der Waals surface area contributed by atoms with E-state index in [0.29, 0.717) is 0 Å². The van der Waals surface area contributed by atoms with Gasteiger partial charge < -0.3 is 4.57 Å². The lowest BCUT2D eigenvalue weighted by atomic mass is 10.2. The number of aryl methyl sites for hydroxylation is 3. The first-order valence-corrected chi connectivity index (χ1v) is 6.32. The molecule has 86 valence electrons. The quantitative estimate of drug-likeness (QED) is 0.801. The van der Waals surface area contributed by atoms with Crippen molar-refractivity contribution in [3.05, 3.63) is 23.5 Å². The van der Waals surface area contributed by atoms with E-state index in [9.17, 15) is 8.42 Å². The topological polar surface area (TPSA) is 78.0 Å². The van der Waals surface area contributed by atoms with Crippen molar-refractivity contribution >= 4 is 21.1 Å². The van der Waals surface area contributed by atoms with Crippen molar-refractivity contribution in [3.8, 4) is 0 Å². The second-order valence-corrected chi connectivity index (χ2v) is 5.43. The summed E-state index contributed by atoms with van der Waals surface area (Å²) in [6.07, 6.45) is 0. The molecule has 0 radical (unpaired) electrons. The number of primary sulfonamides is 1. The number of fused-ring (bicyclic) bond motifs is 1. The van der Waals surface area contributed by atoms with Gasteiger partial charge in [0.15, 0.2) is 0 Å². The Labute approximate surface area is 93.9 Å². The second-order valence-electron chi connectivity index (χ2n) is 3.87. The van der Waals surface area contributed by atoms with Gasteiger partial charge in [-0.15, -0.1) is 0 Å². The molecule has 0 fully saturated rings. The van der Waals surface area contributed by atoms with Crippen molar-refractivity contribution in [2.24, 2.45) is 12.2 Å². The third kappa shape index (κ3) is 1.60. The van der Waals surface area contributed by atoms with Gasteiger partial charge >= 0.3 is 0 Å². The smallest absolute Gasteiger partial charge is 0.238 e. The van der Waals surface area contributed by atoms with Crippen molar-refractivity contribution < 1.29 is 8.42 Å². The molecule has 16 heavy (non-hydrogen) atoms. The zero-order valence-corrected chi connectivity index (χ0v) is 10.2. The number of nitrogens with two attached hydrogens (primary N) is 1. The lowest BCUT2D eigenvalue weighted by molar-refractivity contribution is 0.598. The fourth-order valence-electron chi connectivity index (χ4n) is 1.71. The first-order valence-electron chi connectivity index (χ1n) is 4.77. The number of rotatable bonds is 1. The summed E-state index contributed by atoms with van der Waals surface area (Å²) in [5, 5.41) is 5.12. The summed E-state index contributed by atoms with van der Waals surface area (Å²) in [6.45, 7) is 3.69.